The molecule has 1 aliphatic rings. The highest BCUT2D eigenvalue weighted by Crippen LogP contribution is 2.37. The van der Waals surface area contributed by atoms with Crippen LogP contribution in [0.3, 0.4) is 0 Å². The molecule has 5 rings (SSSR count). The summed E-state index contributed by atoms with van der Waals surface area (Å²) in [6.45, 7) is 3.27. The molecule has 2 heterocycles. The SMILES string of the molecule is c1ccc(OCCCN2/C(=N/CCCn3ccnc3)c3cccc4cccc2c34)cc1. The molecule has 0 amide bonds. The van der Waals surface area contributed by atoms with Gasteiger partial charge in [-0.1, -0.05) is 48.5 Å². The van der Waals surface area contributed by atoms with E-state index in [2.05, 4.69) is 50.8 Å². The van der Waals surface area contributed by atoms with Crippen LogP contribution in [0.2, 0.25) is 0 Å². The number of aromatic nitrogens is 2. The number of hydrogen-bond donors (Lipinski definition) is 0. The lowest BCUT2D eigenvalue weighted by atomic mass is 10.1. The van der Waals surface area contributed by atoms with Crippen molar-refractivity contribution in [1.82, 2.24) is 9.55 Å². The number of nitrogens with zero attached hydrogens (tertiary/aromatic N) is 4. The van der Waals surface area contributed by atoms with Gasteiger partial charge in [0.1, 0.15) is 11.6 Å². The van der Waals surface area contributed by atoms with E-state index >= 15 is 0 Å². The first-order chi connectivity index (χ1) is 15.4. The standard InChI is InChI=1S/C26H26N4O/c1-2-10-22(11-3-1)31-19-7-17-30-24-13-5-9-21-8-4-12-23(25(21)24)26(30)28-14-6-16-29-18-15-27-20-29/h1-5,8-13,15,18,20H,6-7,14,16-17,19H2/b28-26+. The molecule has 5 nitrogen and oxygen atoms in total. The highest BCUT2D eigenvalue weighted by Gasteiger charge is 2.27. The van der Waals surface area contributed by atoms with Gasteiger partial charge in [-0.15, -0.1) is 0 Å². The van der Waals surface area contributed by atoms with Gasteiger partial charge in [-0.25, -0.2) is 4.98 Å². The smallest absolute Gasteiger partial charge is 0.136 e. The zero-order valence-corrected chi connectivity index (χ0v) is 17.5. The van der Waals surface area contributed by atoms with E-state index in [-0.39, 0.29) is 0 Å². The van der Waals surface area contributed by atoms with Crippen molar-refractivity contribution >= 4 is 22.3 Å². The summed E-state index contributed by atoms with van der Waals surface area (Å²) in [4.78, 5) is 11.5. The topological polar surface area (TPSA) is 42.6 Å². The molecule has 0 N–H and O–H groups in total. The number of ether oxygens (including phenoxy) is 1. The molecule has 0 saturated heterocycles. The molecule has 31 heavy (non-hydrogen) atoms. The van der Waals surface area contributed by atoms with Gasteiger partial charge in [0, 0.05) is 43.0 Å². The number of rotatable bonds is 9. The first kappa shape index (κ1) is 19.4. The molecule has 4 aromatic rings. The minimum atomic E-state index is 0.681. The predicted molar refractivity (Wildman–Crippen MR) is 126 cm³/mol. The van der Waals surface area contributed by atoms with Crippen molar-refractivity contribution < 1.29 is 4.74 Å². The predicted octanol–water partition coefficient (Wildman–Crippen LogP) is 5.16. The summed E-state index contributed by atoms with van der Waals surface area (Å²) in [7, 11) is 0. The Balaban J connectivity index is 1.31. The summed E-state index contributed by atoms with van der Waals surface area (Å²) >= 11 is 0. The second-order valence-corrected chi connectivity index (χ2v) is 7.71. The van der Waals surface area contributed by atoms with Gasteiger partial charge in [0.2, 0.25) is 0 Å². The average molecular weight is 411 g/mol. The van der Waals surface area contributed by atoms with E-state index in [0.29, 0.717) is 6.61 Å². The lowest BCUT2D eigenvalue weighted by Crippen LogP contribution is -2.30. The highest BCUT2D eigenvalue weighted by molar-refractivity contribution is 6.27. The maximum atomic E-state index is 5.92. The molecule has 0 radical (unpaired) electrons. The van der Waals surface area contributed by atoms with Gasteiger partial charge in [-0.05, 0) is 36.4 Å². The maximum Gasteiger partial charge on any atom is 0.136 e. The molecule has 0 unspecified atom stereocenters. The first-order valence-corrected chi connectivity index (χ1v) is 10.9. The van der Waals surface area contributed by atoms with Gasteiger partial charge in [0.15, 0.2) is 0 Å². The number of para-hydroxylation sites is 1. The van der Waals surface area contributed by atoms with Crippen molar-refractivity contribution in [3.8, 4) is 5.75 Å². The van der Waals surface area contributed by atoms with Crippen LogP contribution in [0.1, 0.15) is 18.4 Å². The molecule has 1 aliphatic heterocycles. The zero-order valence-electron chi connectivity index (χ0n) is 17.5. The van der Waals surface area contributed by atoms with Crippen LogP contribution in [0.15, 0.2) is 90.4 Å². The van der Waals surface area contributed by atoms with Crippen LogP contribution in [-0.2, 0) is 6.54 Å². The summed E-state index contributed by atoms with van der Waals surface area (Å²) in [5.74, 6) is 2.00. The van der Waals surface area contributed by atoms with Crippen molar-refractivity contribution in [3.05, 3.63) is 91.0 Å². The number of aryl methyl sites for hydroxylation is 1. The molecule has 0 fully saturated rings. The van der Waals surface area contributed by atoms with Crippen LogP contribution < -0.4 is 9.64 Å². The summed E-state index contributed by atoms with van der Waals surface area (Å²) in [6, 6.07) is 23.0. The Bertz CT molecular complexity index is 1160. The van der Waals surface area contributed by atoms with Gasteiger partial charge >= 0.3 is 0 Å². The van der Waals surface area contributed by atoms with Gasteiger partial charge in [-0.3, -0.25) is 4.99 Å². The van der Waals surface area contributed by atoms with E-state index in [4.69, 9.17) is 9.73 Å². The zero-order chi connectivity index (χ0) is 20.9. The number of benzene rings is 3. The summed E-state index contributed by atoms with van der Waals surface area (Å²) < 4.78 is 8.02. The normalized spacial score (nSPS) is 13.9. The third kappa shape index (κ3) is 4.17. The van der Waals surface area contributed by atoms with Gasteiger partial charge < -0.3 is 14.2 Å². The number of aliphatic imine (C=N–C) groups is 1. The van der Waals surface area contributed by atoms with Crippen molar-refractivity contribution in [2.24, 2.45) is 4.99 Å². The van der Waals surface area contributed by atoms with E-state index in [1.54, 1.807) is 0 Å². The maximum absolute atomic E-state index is 5.92. The fourth-order valence-electron chi connectivity index (χ4n) is 4.18. The molecule has 156 valence electrons. The quantitative estimate of drug-likeness (QED) is 0.358. The second kappa shape index (κ2) is 9.04. The van der Waals surface area contributed by atoms with Crippen LogP contribution in [-0.4, -0.2) is 35.1 Å². The van der Waals surface area contributed by atoms with Crippen molar-refractivity contribution in [1.29, 1.82) is 0 Å². The second-order valence-electron chi connectivity index (χ2n) is 7.71. The Labute approximate surface area is 182 Å². The van der Waals surface area contributed by atoms with Crippen LogP contribution in [0.5, 0.6) is 5.75 Å². The molecule has 0 aliphatic carbocycles. The van der Waals surface area contributed by atoms with Crippen molar-refractivity contribution in [2.45, 2.75) is 19.4 Å². The Morgan fingerprint density at radius 2 is 1.74 bits per heavy atom. The monoisotopic (exact) mass is 410 g/mol. The molecule has 0 saturated carbocycles. The van der Waals surface area contributed by atoms with Gasteiger partial charge in [0.05, 0.1) is 18.6 Å². The van der Waals surface area contributed by atoms with Crippen LogP contribution in [0, 0.1) is 0 Å². The van der Waals surface area contributed by atoms with Crippen molar-refractivity contribution in [2.75, 3.05) is 24.6 Å². The lowest BCUT2D eigenvalue weighted by Gasteiger charge is -2.21. The molecule has 0 bridgehead atoms. The first-order valence-electron chi connectivity index (χ1n) is 10.9. The highest BCUT2D eigenvalue weighted by atomic mass is 16.5. The largest absolute Gasteiger partial charge is 0.494 e. The molecule has 0 spiro atoms. The van der Waals surface area contributed by atoms with E-state index < -0.39 is 0 Å². The molecule has 3 aromatic carbocycles. The van der Waals surface area contributed by atoms with E-state index in [9.17, 15) is 0 Å². The Hall–Kier alpha value is -3.60. The van der Waals surface area contributed by atoms with Crippen LogP contribution in [0.25, 0.3) is 10.8 Å². The fraction of sp³-hybridized carbons (Fsp3) is 0.231. The number of imidazole rings is 1. The Morgan fingerprint density at radius 3 is 2.58 bits per heavy atom. The minimum Gasteiger partial charge on any atom is -0.494 e. The summed E-state index contributed by atoms with van der Waals surface area (Å²) in [5.41, 5.74) is 2.49. The molecular weight excluding hydrogens is 384 g/mol. The minimum absolute atomic E-state index is 0.681. The van der Waals surface area contributed by atoms with Crippen LogP contribution in [0.4, 0.5) is 5.69 Å². The van der Waals surface area contributed by atoms with E-state index in [1.165, 1.54) is 22.0 Å². The van der Waals surface area contributed by atoms with E-state index in [0.717, 1.165) is 44.1 Å². The molecular formula is C26H26N4O. The third-order valence-corrected chi connectivity index (χ3v) is 5.60. The summed E-state index contributed by atoms with van der Waals surface area (Å²) in [6.07, 6.45) is 7.58. The van der Waals surface area contributed by atoms with Crippen molar-refractivity contribution in [3.63, 3.8) is 0 Å². The number of amidine groups is 1. The average Bonchev–Trinajstić information content (AvgIpc) is 3.43. The molecule has 0 atom stereocenters. The fourth-order valence-corrected chi connectivity index (χ4v) is 4.18. The third-order valence-electron chi connectivity index (χ3n) is 5.60. The molecule has 1 aromatic heterocycles. The summed E-state index contributed by atoms with van der Waals surface area (Å²) in [5, 5.41) is 2.58. The van der Waals surface area contributed by atoms with E-state index in [1.807, 2.05) is 49.1 Å². The molecule has 5 heteroatoms. The Morgan fingerprint density at radius 1 is 0.871 bits per heavy atom. The number of hydrogen-bond acceptors (Lipinski definition) is 3. The number of anilines is 1. The van der Waals surface area contributed by atoms with Gasteiger partial charge in [-0.2, -0.15) is 0 Å². The van der Waals surface area contributed by atoms with Crippen LogP contribution >= 0.6 is 0 Å². The lowest BCUT2D eigenvalue weighted by molar-refractivity contribution is 0.313. The Kier molecular flexibility index (Phi) is 5.65. The van der Waals surface area contributed by atoms with Gasteiger partial charge in [0.25, 0.3) is 0 Å².